The number of nitrogens with one attached hydrogen (secondary N) is 1. The van der Waals surface area contributed by atoms with Crippen molar-refractivity contribution in [3.63, 3.8) is 0 Å². The molecular weight excluding hydrogens is 200 g/mol. The number of carbonyl (C=O) groups is 1. The van der Waals surface area contributed by atoms with Gasteiger partial charge in [0, 0.05) is 11.6 Å². The Morgan fingerprint density at radius 2 is 2.21 bits per heavy atom. The van der Waals surface area contributed by atoms with E-state index in [0.29, 0.717) is 22.6 Å². The quantitative estimate of drug-likeness (QED) is 0.767. The first-order valence-corrected chi connectivity index (χ1v) is 4.44. The summed E-state index contributed by atoms with van der Waals surface area (Å²) < 4.78 is 0. The zero-order valence-corrected chi connectivity index (χ0v) is 7.95. The highest BCUT2D eigenvalue weighted by Gasteiger charge is 2.03. The van der Waals surface area contributed by atoms with Crippen LogP contribution in [0.2, 0.25) is 5.02 Å². The summed E-state index contributed by atoms with van der Waals surface area (Å²) in [7, 11) is 0. The van der Waals surface area contributed by atoms with Crippen molar-refractivity contribution in [1.29, 1.82) is 0 Å². The van der Waals surface area contributed by atoms with Gasteiger partial charge in [-0.2, -0.15) is 0 Å². The number of pyridine rings is 1. The molecule has 0 saturated heterocycles. The molecular formula is C10H7ClN2O. The monoisotopic (exact) mass is 206 g/mol. The highest BCUT2D eigenvalue weighted by Crippen LogP contribution is 2.27. The van der Waals surface area contributed by atoms with Crippen LogP contribution in [0, 0.1) is 0 Å². The van der Waals surface area contributed by atoms with Gasteiger partial charge in [-0.05, 0) is 24.3 Å². The van der Waals surface area contributed by atoms with E-state index in [4.69, 9.17) is 11.6 Å². The molecule has 0 aliphatic carbocycles. The van der Waals surface area contributed by atoms with E-state index >= 15 is 0 Å². The topological polar surface area (TPSA) is 42.0 Å². The van der Waals surface area contributed by atoms with Crippen LogP contribution in [-0.4, -0.2) is 11.4 Å². The third-order valence-electron chi connectivity index (χ3n) is 1.93. The molecule has 0 bridgehead atoms. The number of amides is 1. The normalized spacial score (nSPS) is 10.1. The van der Waals surface area contributed by atoms with Crippen LogP contribution in [0.15, 0.2) is 30.5 Å². The van der Waals surface area contributed by atoms with Gasteiger partial charge in [-0.3, -0.25) is 9.78 Å². The van der Waals surface area contributed by atoms with E-state index in [1.54, 1.807) is 24.4 Å². The lowest BCUT2D eigenvalue weighted by molar-refractivity contribution is -0.105. The Morgan fingerprint density at radius 1 is 1.36 bits per heavy atom. The van der Waals surface area contributed by atoms with Crippen LogP contribution in [0.1, 0.15) is 0 Å². The van der Waals surface area contributed by atoms with Gasteiger partial charge in [-0.25, -0.2) is 0 Å². The fraction of sp³-hybridized carbons (Fsp3) is 0. The van der Waals surface area contributed by atoms with Gasteiger partial charge >= 0.3 is 0 Å². The fourth-order valence-corrected chi connectivity index (χ4v) is 1.53. The van der Waals surface area contributed by atoms with E-state index in [9.17, 15) is 4.79 Å². The summed E-state index contributed by atoms with van der Waals surface area (Å²) in [5, 5.41) is 4.04. The number of aromatic nitrogens is 1. The molecule has 70 valence electrons. The summed E-state index contributed by atoms with van der Waals surface area (Å²) in [5.41, 5.74) is 1.37. The van der Waals surface area contributed by atoms with Crippen molar-refractivity contribution in [3.8, 4) is 0 Å². The van der Waals surface area contributed by atoms with E-state index in [2.05, 4.69) is 10.3 Å². The van der Waals surface area contributed by atoms with Crippen LogP contribution in [0.5, 0.6) is 0 Å². The molecule has 1 heterocycles. The lowest BCUT2D eigenvalue weighted by Crippen LogP contribution is -1.95. The molecule has 2 rings (SSSR count). The summed E-state index contributed by atoms with van der Waals surface area (Å²) in [4.78, 5) is 14.5. The Morgan fingerprint density at radius 3 is 3.00 bits per heavy atom. The second kappa shape index (κ2) is 3.64. The van der Waals surface area contributed by atoms with Crippen molar-refractivity contribution >= 4 is 34.6 Å². The molecule has 1 aromatic heterocycles. The van der Waals surface area contributed by atoms with Gasteiger partial charge in [-0.15, -0.1) is 0 Å². The summed E-state index contributed by atoms with van der Waals surface area (Å²) in [6, 6.07) is 7.13. The van der Waals surface area contributed by atoms with E-state index in [1.807, 2.05) is 6.07 Å². The predicted molar refractivity (Wildman–Crippen MR) is 56.4 cm³/mol. The largest absolute Gasteiger partial charge is 0.327 e. The van der Waals surface area contributed by atoms with Crippen molar-refractivity contribution in [2.75, 3.05) is 5.32 Å². The van der Waals surface area contributed by atoms with Gasteiger partial charge in [0.1, 0.15) is 0 Å². The minimum absolute atomic E-state index is 0.622. The average molecular weight is 207 g/mol. The Kier molecular flexibility index (Phi) is 2.33. The van der Waals surface area contributed by atoms with Crippen molar-refractivity contribution in [2.45, 2.75) is 0 Å². The van der Waals surface area contributed by atoms with Crippen LogP contribution in [0.3, 0.4) is 0 Å². The lowest BCUT2D eigenvalue weighted by Gasteiger charge is -2.04. The predicted octanol–water partition coefficient (Wildman–Crippen LogP) is 2.46. The number of anilines is 1. The number of halogens is 1. The first kappa shape index (κ1) is 8.97. The lowest BCUT2D eigenvalue weighted by atomic mass is 10.2. The number of rotatable bonds is 2. The van der Waals surface area contributed by atoms with E-state index in [-0.39, 0.29) is 0 Å². The Hall–Kier alpha value is -1.61. The Balaban J connectivity index is 2.74. The maximum absolute atomic E-state index is 10.3. The van der Waals surface area contributed by atoms with Crippen molar-refractivity contribution < 1.29 is 4.79 Å². The second-order valence-electron chi connectivity index (χ2n) is 2.76. The molecule has 0 aliphatic rings. The van der Waals surface area contributed by atoms with Crippen LogP contribution in [0.4, 0.5) is 5.69 Å². The molecule has 0 saturated carbocycles. The maximum Gasteiger partial charge on any atom is 0.211 e. The van der Waals surface area contributed by atoms with Gasteiger partial charge in [0.2, 0.25) is 6.41 Å². The van der Waals surface area contributed by atoms with Crippen LogP contribution >= 0.6 is 11.6 Å². The van der Waals surface area contributed by atoms with E-state index in [0.717, 1.165) is 5.39 Å². The maximum atomic E-state index is 10.3. The van der Waals surface area contributed by atoms with Gasteiger partial charge in [0.15, 0.2) is 0 Å². The Labute approximate surface area is 85.7 Å². The molecule has 4 heteroatoms. The number of nitrogens with zero attached hydrogens (tertiary/aromatic N) is 1. The van der Waals surface area contributed by atoms with Crippen molar-refractivity contribution in [1.82, 2.24) is 4.98 Å². The van der Waals surface area contributed by atoms with Crippen LogP contribution < -0.4 is 5.32 Å². The van der Waals surface area contributed by atoms with Gasteiger partial charge < -0.3 is 5.32 Å². The second-order valence-corrected chi connectivity index (χ2v) is 3.16. The molecule has 2 aromatic rings. The summed E-state index contributed by atoms with van der Waals surface area (Å²) in [6.07, 6.45) is 2.28. The Bertz CT molecular complexity index is 485. The molecule has 1 amide bonds. The van der Waals surface area contributed by atoms with Gasteiger partial charge in [-0.1, -0.05) is 11.6 Å². The molecule has 0 atom stereocenters. The van der Waals surface area contributed by atoms with Crippen molar-refractivity contribution in [3.05, 3.63) is 35.5 Å². The summed E-state index contributed by atoms with van der Waals surface area (Å²) >= 11 is 5.97. The molecule has 0 radical (unpaired) electrons. The van der Waals surface area contributed by atoms with Gasteiger partial charge in [0.25, 0.3) is 0 Å². The van der Waals surface area contributed by atoms with Crippen LogP contribution in [0.25, 0.3) is 10.9 Å². The number of hydrogen-bond acceptors (Lipinski definition) is 2. The van der Waals surface area contributed by atoms with Gasteiger partial charge in [0.05, 0.1) is 16.2 Å². The average Bonchev–Trinajstić information content (AvgIpc) is 2.23. The zero-order valence-electron chi connectivity index (χ0n) is 7.20. The number of fused-ring (bicyclic) bond motifs is 1. The molecule has 0 aliphatic heterocycles. The first-order valence-electron chi connectivity index (χ1n) is 4.06. The standard InChI is InChI=1S/C10H7ClN2O/c11-8-3-4-9(13-6-14)10-7(8)2-1-5-12-10/h1-6H,(H,13,14). The molecule has 1 aromatic carbocycles. The first-order chi connectivity index (χ1) is 6.83. The molecule has 0 fully saturated rings. The fourth-order valence-electron chi connectivity index (χ4n) is 1.32. The third kappa shape index (κ3) is 1.42. The highest BCUT2D eigenvalue weighted by atomic mass is 35.5. The molecule has 0 unspecified atom stereocenters. The van der Waals surface area contributed by atoms with Crippen LogP contribution in [-0.2, 0) is 4.79 Å². The third-order valence-corrected chi connectivity index (χ3v) is 2.26. The molecule has 0 spiro atoms. The molecule has 14 heavy (non-hydrogen) atoms. The zero-order chi connectivity index (χ0) is 9.97. The van der Waals surface area contributed by atoms with E-state index in [1.165, 1.54) is 0 Å². The number of hydrogen-bond donors (Lipinski definition) is 1. The van der Waals surface area contributed by atoms with Crippen molar-refractivity contribution in [2.24, 2.45) is 0 Å². The number of benzene rings is 1. The molecule has 3 nitrogen and oxygen atoms in total. The summed E-state index contributed by atoms with van der Waals surface area (Å²) in [6.45, 7) is 0. The van der Waals surface area contributed by atoms with E-state index < -0.39 is 0 Å². The minimum Gasteiger partial charge on any atom is -0.327 e. The highest BCUT2D eigenvalue weighted by molar-refractivity contribution is 6.35. The smallest absolute Gasteiger partial charge is 0.211 e. The SMILES string of the molecule is O=CNc1ccc(Cl)c2cccnc12. The number of carbonyl (C=O) groups excluding carboxylic acids is 1. The minimum atomic E-state index is 0.622. The summed E-state index contributed by atoms with van der Waals surface area (Å²) in [5.74, 6) is 0. The molecule has 1 N–H and O–H groups in total.